The molecule has 1 aliphatic rings. The fraction of sp³-hybridized carbons (Fsp3) is 0.650. The van der Waals surface area contributed by atoms with Crippen molar-refractivity contribution in [3.8, 4) is 0 Å². The van der Waals surface area contributed by atoms with Crippen molar-refractivity contribution < 1.29 is 4.79 Å². The first kappa shape index (κ1) is 18.0. The SMILES string of the molecule is CC(C)Cc1ccc([C@@H](C)C(=O)NCCN2CCCCC2)cc1. The Labute approximate surface area is 141 Å². The summed E-state index contributed by atoms with van der Waals surface area (Å²) in [6.07, 6.45) is 5.05. The predicted octanol–water partition coefficient (Wildman–Crippen LogP) is 3.59. The second-order valence-corrected chi connectivity index (χ2v) is 7.25. The number of carbonyl (C=O) groups is 1. The highest BCUT2D eigenvalue weighted by Gasteiger charge is 2.16. The highest BCUT2D eigenvalue weighted by Crippen LogP contribution is 2.17. The first-order valence-corrected chi connectivity index (χ1v) is 9.15. The molecule has 1 aromatic carbocycles. The molecule has 0 radical (unpaired) electrons. The maximum atomic E-state index is 12.3. The number of likely N-dealkylation sites (tertiary alicyclic amines) is 1. The Hall–Kier alpha value is -1.35. The molecule has 1 aliphatic heterocycles. The quantitative estimate of drug-likeness (QED) is 0.834. The van der Waals surface area contributed by atoms with Gasteiger partial charge in [0.2, 0.25) is 5.91 Å². The number of hydrogen-bond donors (Lipinski definition) is 1. The number of rotatable bonds is 7. The number of carbonyl (C=O) groups excluding carboxylic acids is 1. The topological polar surface area (TPSA) is 32.3 Å². The van der Waals surface area contributed by atoms with Crippen molar-refractivity contribution >= 4 is 5.91 Å². The molecule has 1 heterocycles. The second-order valence-electron chi connectivity index (χ2n) is 7.25. The zero-order valence-electron chi connectivity index (χ0n) is 15.0. The van der Waals surface area contributed by atoms with Crippen molar-refractivity contribution in [3.05, 3.63) is 35.4 Å². The molecule has 3 nitrogen and oxygen atoms in total. The van der Waals surface area contributed by atoms with Crippen LogP contribution in [-0.4, -0.2) is 37.0 Å². The molecule has 0 bridgehead atoms. The summed E-state index contributed by atoms with van der Waals surface area (Å²) in [6.45, 7) is 10.6. The Morgan fingerprint density at radius 2 is 1.74 bits per heavy atom. The number of hydrogen-bond acceptors (Lipinski definition) is 2. The van der Waals surface area contributed by atoms with Gasteiger partial charge in [-0.25, -0.2) is 0 Å². The Balaban J connectivity index is 1.77. The van der Waals surface area contributed by atoms with E-state index in [1.54, 1.807) is 0 Å². The van der Waals surface area contributed by atoms with Crippen molar-refractivity contribution in [3.63, 3.8) is 0 Å². The van der Waals surface area contributed by atoms with Crippen LogP contribution in [0.3, 0.4) is 0 Å². The van der Waals surface area contributed by atoms with E-state index < -0.39 is 0 Å². The largest absolute Gasteiger partial charge is 0.354 e. The highest BCUT2D eigenvalue weighted by molar-refractivity contribution is 5.83. The Morgan fingerprint density at radius 3 is 2.35 bits per heavy atom. The first-order valence-electron chi connectivity index (χ1n) is 9.15. The summed E-state index contributed by atoms with van der Waals surface area (Å²) in [5.41, 5.74) is 2.45. The molecule has 1 fully saturated rings. The van der Waals surface area contributed by atoms with Gasteiger partial charge in [-0.1, -0.05) is 44.5 Å². The van der Waals surface area contributed by atoms with Crippen LogP contribution in [0.4, 0.5) is 0 Å². The molecule has 1 atom stereocenters. The predicted molar refractivity (Wildman–Crippen MR) is 96.7 cm³/mol. The molecule has 128 valence electrons. The van der Waals surface area contributed by atoms with E-state index in [9.17, 15) is 4.79 Å². The van der Waals surface area contributed by atoms with Crippen molar-refractivity contribution in [2.75, 3.05) is 26.2 Å². The van der Waals surface area contributed by atoms with E-state index in [2.05, 4.69) is 48.3 Å². The summed E-state index contributed by atoms with van der Waals surface area (Å²) < 4.78 is 0. The molecule has 0 aromatic heterocycles. The summed E-state index contributed by atoms with van der Waals surface area (Å²) in [5, 5.41) is 3.09. The van der Waals surface area contributed by atoms with Crippen LogP contribution >= 0.6 is 0 Å². The molecule has 3 heteroatoms. The molecule has 0 saturated carbocycles. The zero-order valence-corrected chi connectivity index (χ0v) is 15.0. The van der Waals surface area contributed by atoms with Gasteiger partial charge in [0.25, 0.3) is 0 Å². The molecule has 1 amide bonds. The molecule has 1 saturated heterocycles. The van der Waals surface area contributed by atoms with Crippen LogP contribution in [0.15, 0.2) is 24.3 Å². The fourth-order valence-electron chi connectivity index (χ4n) is 3.24. The minimum atomic E-state index is -0.0792. The number of piperidine rings is 1. The summed E-state index contributed by atoms with van der Waals surface area (Å²) in [4.78, 5) is 14.8. The summed E-state index contributed by atoms with van der Waals surface area (Å²) >= 11 is 0. The second kappa shape index (κ2) is 9.07. The van der Waals surface area contributed by atoms with Crippen LogP contribution in [-0.2, 0) is 11.2 Å². The Bertz CT molecular complexity index is 475. The van der Waals surface area contributed by atoms with Crippen molar-refractivity contribution in [2.24, 2.45) is 5.92 Å². The summed E-state index contributed by atoms with van der Waals surface area (Å²) in [6, 6.07) is 8.53. The van der Waals surface area contributed by atoms with E-state index in [0.29, 0.717) is 5.92 Å². The molecule has 1 aromatic rings. The van der Waals surface area contributed by atoms with Gasteiger partial charge in [-0.3, -0.25) is 4.79 Å². The van der Waals surface area contributed by atoms with Gasteiger partial charge < -0.3 is 10.2 Å². The van der Waals surface area contributed by atoms with Crippen molar-refractivity contribution in [1.82, 2.24) is 10.2 Å². The Kier molecular flexibility index (Phi) is 7.10. The average Bonchev–Trinajstić information content (AvgIpc) is 2.55. The average molecular weight is 316 g/mol. The lowest BCUT2D eigenvalue weighted by molar-refractivity contribution is -0.122. The van der Waals surface area contributed by atoms with Crippen LogP contribution in [0.1, 0.15) is 57.1 Å². The van der Waals surface area contributed by atoms with Gasteiger partial charge in [-0.05, 0) is 56.3 Å². The standard InChI is InChI=1S/C20H32N2O/c1-16(2)15-18-7-9-19(10-8-18)17(3)20(23)21-11-14-22-12-5-4-6-13-22/h7-10,16-17H,4-6,11-15H2,1-3H3,(H,21,23)/t17-/m1/s1. The van der Waals surface area contributed by atoms with E-state index in [4.69, 9.17) is 0 Å². The van der Waals surface area contributed by atoms with Gasteiger partial charge >= 0.3 is 0 Å². The number of nitrogens with one attached hydrogen (secondary N) is 1. The maximum absolute atomic E-state index is 12.3. The maximum Gasteiger partial charge on any atom is 0.227 e. The van der Waals surface area contributed by atoms with Gasteiger partial charge in [0.1, 0.15) is 0 Å². The van der Waals surface area contributed by atoms with Crippen molar-refractivity contribution in [2.45, 2.75) is 52.4 Å². The molecule has 23 heavy (non-hydrogen) atoms. The number of amides is 1. The lowest BCUT2D eigenvalue weighted by Gasteiger charge is -2.26. The highest BCUT2D eigenvalue weighted by atomic mass is 16.1. The third kappa shape index (κ3) is 5.98. The van der Waals surface area contributed by atoms with E-state index >= 15 is 0 Å². The molecule has 0 spiro atoms. The monoisotopic (exact) mass is 316 g/mol. The molecular formula is C20H32N2O. The molecule has 1 N–H and O–H groups in total. The minimum Gasteiger partial charge on any atom is -0.354 e. The van der Waals surface area contributed by atoms with Crippen molar-refractivity contribution in [1.29, 1.82) is 0 Å². The van der Waals surface area contributed by atoms with E-state index in [0.717, 1.165) is 25.1 Å². The normalized spacial score (nSPS) is 17.2. The van der Waals surface area contributed by atoms with Gasteiger partial charge in [-0.2, -0.15) is 0 Å². The number of nitrogens with zero attached hydrogens (tertiary/aromatic N) is 1. The van der Waals surface area contributed by atoms with E-state index in [1.165, 1.54) is 37.9 Å². The van der Waals surface area contributed by atoms with Crippen LogP contribution in [0.5, 0.6) is 0 Å². The van der Waals surface area contributed by atoms with Crippen LogP contribution in [0, 0.1) is 5.92 Å². The minimum absolute atomic E-state index is 0.0792. The third-order valence-electron chi connectivity index (χ3n) is 4.69. The zero-order chi connectivity index (χ0) is 16.7. The third-order valence-corrected chi connectivity index (χ3v) is 4.69. The smallest absolute Gasteiger partial charge is 0.227 e. The van der Waals surface area contributed by atoms with Crippen LogP contribution in [0.2, 0.25) is 0 Å². The van der Waals surface area contributed by atoms with Crippen LogP contribution < -0.4 is 5.32 Å². The number of benzene rings is 1. The molecule has 0 aliphatic carbocycles. The molecule has 2 rings (SSSR count). The molecular weight excluding hydrogens is 284 g/mol. The van der Waals surface area contributed by atoms with Crippen LogP contribution in [0.25, 0.3) is 0 Å². The lowest BCUT2D eigenvalue weighted by atomic mass is 9.96. The van der Waals surface area contributed by atoms with E-state index in [1.807, 2.05) is 6.92 Å². The van der Waals surface area contributed by atoms with Gasteiger partial charge in [0.05, 0.1) is 5.92 Å². The Morgan fingerprint density at radius 1 is 1.09 bits per heavy atom. The van der Waals surface area contributed by atoms with Gasteiger partial charge in [0.15, 0.2) is 0 Å². The van der Waals surface area contributed by atoms with Gasteiger partial charge in [-0.15, -0.1) is 0 Å². The fourth-order valence-corrected chi connectivity index (χ4v) is 3.24. The molecule has 0 unspecified atom stereocenters. The van der Waals surface area contributed by atoms with Gasteiger partial charge in [0, 0.05) is 13.1 Å². The summed E-state index contributed by atoms with van der Waals surface area (Å²) in [5.74, 6) is 0.722. The lowest BCUT2D eigenvalue weighted by Crippen LogP contribution is -2.38. The van der Waals surface area contributed by atoms with E-state index in [-0.39, 0.29) is 11.8 Å². The first-order chi connectivity index (χ1) is 11.1. The summed E-state index contributed by atoms with van der Waals surface area (Å²) in [7, 11) is 0.